The molecule has 0 bridgehead atoms. The van der Waals surface area contributed by atoms with Gasteiger partial charge in [0.05, 0.1) is 18.7 Å². The summed E-state index contributed by atoms with van der Waals surface area (Å²) in [6.07, 6.45) is 2.14. The van der Waals surface area contributed by atoms with E-state index in [9.17, 15) is 19.2 Å². The van der Waals surface area contributed by atoms with E-state index in [0.717, 1.165) is 38.6 Å². The second kappa shape index (κ2) is 15.4. The molecule has 3 aliphatic rings. The number of likely N-dealkylation sites (N-methyl/N-ethyl adjacent to an activating group) is 1. The molecule has 1 saturated heterocycles. The van der Waals surface area contributed by atoms with Crippen molar-refractivity contribution in [3.63, 3.8) is 0 Å². The number of fused-ring (bicyclic) bond motifs is 1. The van der Waals surface area contributed by atoms with Crippen LogP contribution >= 0.6 is 34.9 Å². The van der Waals surface area contributed by atoms with E-state index in [4.69, 9.17) is 19.9 Å². The van der Waals surface area contributed by atoms with Gasteiger partial charge in [-0.15, -0.1) is 28.2 Å². The van der Waals surface area contributed by atoms with E-state index in [1.807, 2.05) is 19.0 Å². The number of amides is 2. The van der Waals surface area contributed by atoms with Crippen LogP contribution < -0.4 is 11.1 Å². The minimum Gasteiger partial charge on any atom is -0.431 e. The van der Waals surface area contributed by atoms with Crippen LogP contribution in [0.2, 0.25) is 0 Å². The first-order valence-corrected chi connectivity index (χ1v) is 17.8. The number of aromatic nitrogens is 5. The molecule has 46 heavy (non-hydrogen) atoms. The first-order valence-electron chi connectivity index (χ1n) is 14.9. The van der Waals surface area contributed by atoms with E-state index in [1.54, 1.807) is 10.1 Å². The normalized spacial score (nSPS) is 20.6. The number of tetrazole rings is 1. The average molecular weight is 696 g/mol. The molecule has 19 heteroatoms. The van der Waals surface area contributed by atoms with Crippen LogP contribution in [0.3, 0.4) is 0 Å². The summed E-state index contributed by atoms with van der Waals surface area (Å²) in [6.45, 7) is 2.70. The molecule has 2 aliphatic heterocycles. The number of nitrogens with zero attached hydrogens (tertiary/aromatic N) is 7. The van der Waals surface area contributed by atoms with Gasteiger partial charge in [0.15, 0.2) is 5.13 Å². The van der Waals surface area contributed by atoms with Gasteiger partial charge in [0.1, 0.15) is 23.2 Å². The molecule has 0 unspecified atom stereocenters. The Hall–Kier alpha value is -3.42. The van der Waals surface area contributed by atoms with Crippen molar-refractivity contribution in [1.82, 2.24) is 40.3 Å². The maximum atomic E-state index is 13.6. The average Bonchev–Trinajstić information content (AvgIpc) is 3.65. The zero-order chi connectivity index (χ0) is 32.8. The molecule has 2 amide bonds. The number of ether oxygens (including phenoxy) is 3. The SMILES string of the molecule is C[C@H](OC(=O)OC1CCCCC1)OC(=O)C1=C(CSc2nnnn2CCN(C)C)CS[C@@H]2[C@H](NC(=O)Cc3csc(N)n3)C(=O)N12. The fraction of sp³-hybridized carbons (Fsp3) is 0.630. The molecular formula is C27H37N9O7S3. The summed E-state index contributed by atoms with van der Waals surface area (Å²) in [5, 5.41) is 16.8. The Balaban J connectivity index is 1.27. The maximum Gasteiger partial charge on any atom is 0.511 e. The lowest BCUT2D eigenvalue weighted by Gasteiger charge is -2.49. The Morgan fingerprint density at radius 1 is 1.22 bits per heavy atom. The van der Waals surface area contributed by atoms with E-state index in [0.29, 0.717) is 33.9 Å². The topological polar surface area (TPSA) is 197 Å². The van der Waals surface area contributed by atoms with E-state index in [-0.39, 0.29) is 29.9 Å². The first kappa shape index (κ1) is 33.9. The molecule has 5 rings (SSSR count). The number of thioether (sulfide) groups is 2. The lowest BCUT2D eigenvalue weighted by molar-refractivity contribution is -0.170. The van der Waals surface area contributed by atoms with Gasteiger partial charge in [-0.05, 0) is 55.8 Å². The second-order valence-corrected chi connectivity index (χ2v) is 14.2. The van der Waals surface area contributed by atoms with Crippen LogP contribution in [-0.4, -0.2) is 115 Å². The smallest absolute Gasteiger partial charge is 0.431 e. The lowest BCUT2D eigenvalue weighted by Crippen LogP contribution is -2.70. The van der Waals surface area contributed by atoms with Crippen molar-refractivity contribution in [3.8, 4) is 0 Å². The van der Waals surface area contributed by atoms with Crippen molar-refractivity contribution in [2.24, 2.45) is 0 Å². The van der Waals surface area contributed by atoms with E-state index >= 15 is 0 Å². The fourth-order valence-corrected chi connectivity index (χ4v) is 8.13. The first-order chi connectivity index (χ1) is 22.1. The number of hydrogen-bond donors (Lipinski definition) is 2. The number of anilines is 1. The van der Waals surface area contributed by atoms with Crippen LogP contribution in [0.1, 0.15) is 44.7 Å². The van der Waals surface area contributed by atoms with Gasteiger partial charge in [-0.3, -0.25) is 14.5 Å². The Bertz CT molecular complexity index is 1460. The molecule has 0 spiro atoms. The number of nitrogens with one attached hydrogen (secondary N) is 1. The van der Waals surface area contributed by atoms with Gasteiger partial charge in [-0.1, -0.05) is 18.2 Å². The monoisotopic (exact) mass is 695 g/mol. The molecule has 2 aromatic rings. The maximum absolute atomic E-state index is 13.6. The number of β-lactam (4-membered cyclic amide) rings is 1. The van der Waals surface area contributed by atoms with Gasteiger partial charge < -0.3 is 30.2 Å². The number of carbonyl (C=O) groups excluding carboxylic acids is 4. The van der Waals surface area contributed by atoms with E-state index in [1.165, 1.54) is 46.7 Å². The van der Waals surface area contributed by atoms with Gasteiger partial charge in [-0.2, -0.15) is 0 Å². The van der Waals surface area contributed by atoms with E-state index in [2.05, 4.69) is 25.8 Å². The molecule has 0 radical (unpaired) electrons. The second-order valence-electron chi connectivity index (χ2n) is 11.3. The van der Waals surface area contributed by atoms with Crippen molar-refractivity contribution < 1.29 is 33.4 Å². The Morgan fingerprint density at radius 2 is 2.00 bits per heavy atom. The van der Waals surface area contributed by atoms with Crippen molar-refractivity contribution in [2.45, 2.75) is 81.0 Å². The molecule has 3 N–H and O–H groups in total. The molecule has 1 saturated carbocycles. The van der Waals surface area contributed by atoms with Crippen LogP contribution in [-0.2, 0) is 41.6 Å². The summed E-state index contributed by atoms with van der Waals surface area (Å²) in [5.74, 6) is -1.01. The minimum atomic E-state index is -1.27. The summed E-state index contributed by atoms with van der Waals surface area (Å²) in [7, 11) is 3.90. The highest BCUT2D eigenvalue weighted by molar-refractivity contribution is 8.01. The number of thiazole rings is 1. The minimum absolute atomic E-state index is 0.0319. The third-order valence-electron chi connectivity index (χ3n) is 7.45. The van der Waals surface area contributed by atoms with Crippen molar-refractivity contribution >= 4 is 63.9 Å². The summed E-state index contributed by atoms with van der Waals surface area (Å²) in [5.41, 5.74) is 6.83. The summed E-state index contributed by atoms with van der Waals surface area (Å²) >= 11 is 3.97. The zero-order valence-corrected chi connectivity index (χ0v) is 28.2. The third kappa shape index (κ3) is 8.48. The number of nitrogen functional groups attached to an aromatic ring is 1. The number of esters is 1. The van der Waals surface area contributed by atoms with E-state index < -0.39 is 35.7 Å². The summed E-state index contributed by atoms with van der Waals surface area (Å²) in [4.78, 5) is 59.6. The zero-order valence-electron chi connectivity index (χ0n) is 25.7. The predicted octanol–water partition coefficient (Wildman–Crippen LogP) is 1.64. The highest BCUT2D eigenvalue weighted by Crippen LogP contribution is 2.42. The standard InChI is InChI=1S/C27H37N9O7S3/c1-15(42-27(40)43-18-7-5-4-6-8-18)41-24(39)21-16(13-46-26-31-32-33-35(26)10-9-34(2)3)12-44-23-20(22(38)36(21)23)30-19(37)11-17-14-45-25(28)29-17/h14-15,18,20,23H,4-13H2,1-3H3,(H2,28,29)(H,30,37)/t15-,20+,23+/m0/s1. The predicted molar refractivity (Wildman–Crippen MR) is 169 cm³/mol. The van der Waals surface area contributed by atoms with Gasteiger partial charge in [0.2, 0.25) is 17.4 Å². The molecule has 250 valence electrons. The van der Waals surface area contributed by atoms with Crippen molar-refractivity contribution in [1.29, 1.82) is 0 Å². The van der Waals surface area contributed by atoms with Crippen LogP contribution in [0, 0.1) is 0 Å². The molecule has 4 heterocycles. The Morgan fingerprint density at radius 3 is 2.72 bits per heavy atom. The fourth-order valence-electron chi connectivity index (χ4n) is 5.18. The van der Waals surface area contributed by atoms with Crippen LogP contribution in [0.15, 0.2) is 21.8 Å². The molecule has 2 aromatic heterocycles. The number of hydrogen-bond acceptors (Lipinski definition) is 16. The molecule has 16 nitrogen and oxygen atoms in total. The van der Waals surface area contributed by atoms with Crippen LogP contribution in [0.25, 0.3) is 0 Å². The molecule has 3 atom stereocenters. The van der Waals surface area contributed by atoms with Gasteiger partial charge >= 0.3 is 12.1 Å². The largest absolute Gasteiger partial charge is 0.511 e. The Labute approximate surface area is 278 Å². The van der Waals surface area contributed by atoms with Gasteiger partial charge in [0.25, 0.3) is 5.91 Å². The van der Waals surface area contributed by atoms with Gasteiger partial charge in [0, 0.05) is 30.4 Å². The molecule has 1 aliphatic carbocycles. The number of rotatable bonds is 13. The molecular weight excluding hydrogens is 659 g/mol. The van der Waals surface area contributed by atoms with Crippen LogP contribution in [0.5, 0.6) is 0 Å². The molecule has 0 aromatic carbocycles. The van der Waals surface area contributed by atoms with Crippen LogP contribution in [0.4, 0.5) is 9.93 Å². The quantitative estimate of drug-likeness (QED) is 0.133. The highest BCUT2D eigenvalue weighted by atomic mass is 32.2. The lowest BCUT2D eigenvalue weighted by atomic mass is 9.98. The Kier molecular flexibility index (Phi) is 11.4. The van der Waals surface area contributed by atoms with Gasteiger partial charge in [-0.25, -0.2) is 19.3 Å². The summed E-state index contributed by atoms with van der Waals surface area (Å²) < 4.78 is 17.8. The molecule has 2 fully saturated rings. The highest BCUT2D eigenvalue weighted by Gasteiger charge is 2.54. The summed E-state index contributed by atoms with van der Waals surface area (Å²) in [6, 6.07) is -0.844. The number of carbonyl (C=O) groups is 4. The third-order valence-corrected chi connectivity index (χ3v) is 10.6. The number of nitrogens with two attached hydrogens (primary N) is 1. The van der Waals surface area contributed by atoms with Crippen molar-refractivity contribution in [3.05, 3.63) is 22.3 Å². The van der Waals surface area contributed by atoms with Crippen molar-refractivity contribution in [2.75, 3.05) is 37.9 Å².